The van der Waals surface area contributed by atoms with E-state index in [2.05, 4.69) is 77.3 Å². The number of hydrogen-bond acceptors (Lipinski definition) is 11. The van der Waals surface area contributed by atoms with Gasteiger partial charge in [0.25, 0.3) is 0 Å². The highest BCUT2D eigenvalue weighted by Gasteiger charge is 2.34. The van der Waals surface area contributed by atoms with Crippen molar-refractivity contribution in [2.24, 2.45) is 0 Å². The summed E-state index contributed by atoms with van der Waals surface area (Å²) in [6.45, 7) is 12.6. The molecule has 0 radical (unpaired) electrons. The van der Waals surface area contributed by atoms with Crippen LogP contribution in [0, 0.1) is 6.92 Å². The van der Waals surface area contributed by atoms with Crippen molar-refractivity contribution in [3.05, 3.63) is 52.9 Å². The summed E-state index contributed by atoms with van der Waals surface area (Å²) in [5.74, 6) is 1.63. The number of nitrogens with one attached hydrogen (secondary N) is 2. The number of anilines is 5. The van der Waals surface area contributed by atoms with E-state index in [1.54, 1.807) is 39.0 Å². The lowest BCUT2D eigenvalue weighted by atomic mass is 9.97. The molecule has 2 aromatic heterocycles. The Bertz CT molecular complexity index is 1740. The van der Waals surface area contributed by atoms with E-state index in [4.69, 9.17) is 14.5 Å². The first-order valence-electron chi connectivity index (χ1n) is 15.3. The van der Waals surface area contributed by atoms with Gasteiger partial charge in [-0.3, -0.25) is 14.9 Å². The third-order valence-electron chi connectivity index (χ3n) is 8.51. The molecule has 13 heteroatoms. The van der Waals surface area contributed by atoms with Crippen LogP contribution in [0.2, 0.25) is 0 Å². The predicted octanol–water partition coefficient (Wildman–Crippen LogP) is 5.92. The van der Waals surface area contributed by atoms with Crippen LogP contribution < -0.4 is 25.6 Å². The quantitative estimate of drug-likeness (QED) is 0.193. The summed E-state index contributed by atoms with van der Waals surface area (Å²) in [4.78, 5) is 23.2. The Labute approximate surface area is 272 Å². The van der Waals surface area contributed by atoms with Crippen molar-refractivity contribution >= 4 is 68.2 Å². The van der Waals surface area contributed by atoms with Crippen molar-refractivity contribution in [3.63, 3.8) is 0 Å². The molecule has 6 rings (SSSR count). The minimum atomic E-state index is -2.73. The molecule has 2 saturated heterocycles. The van der Waals surface area contributed by atoms with Crippen LogP contribution in [0.15, 0.2) is 47.3 Å². The monoisotopic (exact) mass is 694 g/mol. The molecule has 2 aromatic carbocycles. The molecule has 2 N–H and O–H groups in total. The van der Waals surface area contributed by atoms with Gasteiger partial charge in [-0.2, -0.15) is 4.98 Å². The number of aromatic nitrogens is 4. The zero-order valence-electron chi connectivity index (χ0n) is 26.4. The molecule has 0 bridgehead atoms. The van der Waals surface area contributed by atoms with Gasteiger partial charge in [-0.05, 0) is 79.7 Å². The fraction of sp³-hybridized carbons (Fsp3) is 0.438. The van der Waals surface area contributed by atoms with E-state index in [-0.39, 0.29) is 0 Å². The summed E-state index contributed by atoms with van der Waals surface area (Å²) in [7, 11) is -1.05. The highest BCUT2D eigenvalue weighted by molar-refractivity contribution is 9.10. The molecule has 2 aliphatic heterocycles. The average molecular weight is 696 g/mol. The molecular weight excluding hydrogens is 655 g/mol. The number of halogens is 1. The third-order valence-corrected chi connectivity index (χ3v) is 10.6. The molecule has 11 nitrogen and oxygen atoms in total. The zero-order chi connectivity index (χ0) is 31.7. The number of aryl methyl sites for hydroxylation is 1. The summed E-state index contributed by atoms with van der Waals surface area (Å²) in [6, 6.07) is 8.54. The van der Waals surface area contributed by atoms with Crippen LogP contribution in [0.5, 0.6) is 5.75 Å². The van der Waals surface area contributed by atoms with Crippen molar-refractivity contribution in [2.75, 3.05) is 68.8 Å². The van der Waals surface area contributed by atoms with Gasteiger partial charge >= 0.3 is 0 Å². The van der Waals surface area contributed by atoms with Gasteiger partial charge in [-0.15, -0.1) is 0 Å². The summed E-state index contributed by atoms with van der Waals surface area (Å²) in [5.41, 5.74) is 5.06. The van der Waals surface area contributed by atoms with Crippen LogP contribution >= 0.6 is 23.1 Å². The highest BCUT2D eigenvalue weighted by Crippen LogP contribution is 2.42. The lowest BCUT2D eigenvalue weighted by Crippen LogP contribution is -2.58. The molecule has 2 aliphatic rings. The average Bonchev–Trinajstić information content (AvgIpc) is 3.00. The first-order valence-corrected chi connectivity index (χ1v) is 18.7. The number of methoxy groups -OCH3 is 1. The van der Waals surface area contributed by atoms with Crippen LogP contribution in [0.3, 0.4) is 0 Å². The predicted molar refractivity (Wildman–Crippen MR) is 185 cm³/mol. The van der Waals surface area contributed by atoms with E-state index in [0.717, 1.165) is 56.9 Å². The maximum absolute atomic E-state index is 13.4. The lowest BCUT2D eigenvalue weighted by Gasteiger charge is -2.47. The molecule has 0 unspecified atom stereocenters. The van der Waals surface area contributed by atoms with E-state index in [9.17, 15) is 4.57 Å². The Morgan fingerprint density at radius 3 is 2.51 bits per heavy atom. The second kappa shape index (κ2) is 13.2. The SMILES string of the molecule is CCOC1CN(C2CCN(c3cc(OC)c(Nc4ncc(Br)c(Nc5ccc6nccnc6c5P(C)(C)=O)n4)cc3C)CC2)C1. The van der Waals surface area contributed by atoms with Gasteiger partial charge in [-0.1, -0.05) is 0 Å². The minimum Gasteiger partial charge on any atom is -0.494 e. The number of piperidine rings is 1. The fourth-order valence-corrected chi connectivity index (χ4v) is 7.98. The van der Waals surface area contributed by atoms with Crippen LogP contribution in [0.4, 0.5) is 28.8 Å². The molecule has 238 valence electrons. The Morgan fingerprint density at radius 1 is 1.04 bits per heavy atom. The normalized spacial score (nSPS) is 16.5. The fourth-order valence-electron chi connectivity index (χ4n) is 6.30. The Morgan fingerprint density at radius 2 is 1.80 bits per heavy atom. The van der Waals surface area contributed by atoms with Crippen molar-refractivity contribution < 1.29 is 14.0 Å². The molecular formula is C32H40BrN8O3P. The van der Waals surface area contributed by atoms with E-state index < -0.39 is 7.14 Å². The molecule has 0 spiro atoms. The summed E-state index contributed by atoms with van der Waals surface area (Å²) in [6.07, 6.45) is 7.61. The van der Waals surface area contributed by atoms with E-state index in [0.29, 0.717) is 56.2 Å². The number of likely N-dealkylation sites (tertiary alicyclic amines) is 1. The molecule has 0 saturated carbocycles. The summed E-state index contributed by atoms with van der Waals surface area (Å²) >= 11 is 3.57. The van der Waals surface area contributed by atoms with Crippen molar-refractivity contribution in [1.29, 1.82) is 0 Å². The van der Waals surface area contributed by atoms with Gasteiger partial charge in [-0.25, -0.2) is 4.98 Å². The lowest BCUT2D eigenvalue weighted by molar-refractivity contribution is -0.0712. The van der Waals surface area contributed by atoms with Crippen LogP contribution in [0.1, 0.15) is 25.3 Å². The number of ether oxygens (including phenoxy) is 2. The summed E-state index contributed by atoms with van der Waals surface area (Å²) < 4.78 is 25.6. The molecule has 45 heavy (non-hydrogen) atoms. The molecule has 2 fully saturated rings. The zero-order valence-corrected chi connectivity index (χ0v) is 28.9. The smallest absolute Gasteiger partial charge is 0.229 e. The number of fused-ring (bicyclic) bond motifs is 1. The van der Waals surface area contributed by atoms with Gasteiger partial charge < -0.3 is 29.6 Å². The second-order valence-corrected chi connectivity index (χ2v) is 16.0. The molecule has 4 heterocycles. The van der Waals surface area contributed by atoms with Gasteiger partial charge in [0.05, 0.1) is 39.9 Å². The Kier molecular flexibility index (Phi) is 9.29. The van der Waals surface area contributed by atoms with Crippen molar-refractivity contribution in [3.8, 4) is 5.75 Å². The van der Waals surface area contributed by atoms with Gasteiger partial charge in [0.15, 0.2) is 0 Å². The second-order valence-electron chi connectivity index (χ2n) is 12.0. The molecule has 0 atom stereocenters. The Balaban J connectivity index is 1.19. The van der Waals surface area contributed by atoms with Crippen LogP contribution in [-0.2, 0) is 9.30 Å². The molecule has 4 aromatic rings. The Hall–Kier alpha value is -3.31. The summed E-state index contributed by atoms with van der Waals surface area (Å²) in [5, 5.41) is 7.34. The minimum absolute atomic E-state index is 0.394. The highest BCUT2D eigenvalue weighted by atomic mass is 79.9. The first kappa shape index (κ1) is 31.7. The standard InChI is InChI=1S/C32H40BrN8O3P/c1-6-44-22-18-41(19-22)21-9-13-40(14-10-21)27-16-28(43-3)26(15-20(27)2)38-32-36-17-23(33)31(39-32)37-25-8-7-24-29(35-12-11-34-24)30(25)45(4,5)42/h7-8,11-12,15-17,21-22H,6,9-10,13-14,18-19H2,1-5H3,(H2,36,37,38,39). The van der Waals surface area contributed by atoms with Gasteiger partial charge in [0, 0.05) is 69.2 Å². The van der Waals surface area contributed by atoms with Crippen molar-refractivity contribution in [2.45, 2.75) is 38.8 Å². The molecule has 0 aliphatic carbocycles. The topological polar surface area (TPSA) is 118 Å². The van der Waals surface area contributed by atoms with E-state index in [1.165, 1.54) is 5.69 Å². The maximum atomic E-state index is 13.4. The van der Waals surface area contributed by atoms with Gasteiger partial charge in [0.2, 0.25) is 5.95 Å². The van der Waals surface area contributed by atoms with E-state index in [1.807, 2.05) is 12.1 Å². The van der Waals surface area contributed by atoms with E-state index >= 15 is 0 Å². The first-order chi connectivity index (χ1) is 21.6. The van der Waals surface area contributed by atoms with Crippen LogP contribution in [-0.4, -0.2) is 90.2 Å². The number of hydrogen-bond donors (Lipinski definition) is 2. The maximum Gasteiger partial charge on any atom is 0.229 e. The largest absolute Gasteiger partial charge is 0.494 e. The number of benzene rings is 2. The third kappa shape index (κ3) is 6.79. The van der Waals surface area contributed by atoms with Crippen LogP contribution in [0.25, 0.3) is 11.0 Å². The molecule has 0 amide bonds. The number of rotatable bonds is 10. The van der Waals surface area contributed by atoms with Crippen molar-refractivity contribution in [1.82, 2.24) is 24.8 Å². The van der Waals surface area contributed by atoms with Gasteiger partial charge in [0.1, 0.15) is 24.2 Å². The number of nitrogens with zero attached hydrogens (tertiary/aromatic N) is 6.